The summed E-state index contributed by atoms with van der Waals surface area (Å²) in [6, 6.07) is 50.1. The predicted molar refractivity (Wildman–Crippen MR) is 181 cm³/mol. The Balaban J connectivity index is 1.38. The molecule has 1 aliphatic rings. The van der Waals surface area contributed by atoms with Gasteiger partial charge >= 0.3 is 0 Å². The molecule has 5 aromatic carbocycles. The van der Waals surface area contributed by atoms with E-state index in [1.54, 1.807) is 0 Å². The molecular weight excluding hydrogens is 577 g/mol. The molecule has 2 atom stereocenters. The van der Waals surface area contributed by atoms with Gasteiger partial charge in [-0.05, 0) is 40.7 Å². The highest BCUT2D eigenvalue weighted by atomic mass is 32.2. The Bertz CT molecular complexity index is 1600. The maximum Gasteiger partial charge on any atom is 0.217 e. The SMILES string of the molecule is O=S(=O)(C[C@H](O)[C@@H]1CCCN1C(c1ccccc1)(c1ccccc1)c1ccccc1)N(Cc1ccccc1)Cc1ccccc1. The molecule has 0 amide bonds. The summed E-state index contributed by atoms with van der Waals surface area (Å²) in [4.78, 5) is 2.35. The minimum atomic E-state index is -3.86. The van der Waals surface area contributed by atoms with Crippen LogP contribution in [0.4, 0.5) is 0 Å². The van der Waals surface area contributed by atoms with Crippen LogP contribution >= 0.6 is 0 Å². The minimum absolute atomic E-state index is 0.237. The van der Waals surface area contributed by atoms with Crippen LogP contribution in [0.5, 0.6) is 0 Å². The Morgan fingerprint density at radius 3 is 1.42 bits per heavy atom. The monoisotopic (exact) mass is 616 g/mol. The van der Waals surface area contributed by atoms with Crippen molar-refractivity contribution < 1.29 is 13.5 Å². The molecule has 45 heavy (non-hydrogen) atoms. The normalized spacial score (nSPS) is 16.5. The van der Waals surface area contributed by atoms with E-state index in [0.29, 0.717) is 6.42 Å². The summed E-state index contributed by atoms with van der Waals surface area (Å²) in [5.41, 5.74) is 4.34. The molecule has 0 unspecified atom stereocenters. The van der Waals surface area contributed by atoms with Gasteiger partial charge in [0.25, 0.3) is 0 Å². The molecule has 1 fully saturated rings. The molecule has 1 heterocycles. The van der Waals surface area contributed by atoms with Crippen LogP contribution < -0.4 is 0 Å². The van der Waals surface area contributed by atoms with Crippen LogP contribution in [0.3, 0.4) is 0 Å². The first kappa shape index (κ1) is 30.9. The number of hydrogen-bond acceptors (Lipinski definition) is 4. The van der Waals surface area contributed by atoms with Gasteiger partial charge in [0.15, 0.2) is 0 Å². The van der Waals surface area contributed by atoms with E-state index in [4.69, 9.17) is 0 Å². The minimum Gasteiger partial charge on any atom is -0.390 e. The lowest BCUT2D eigenvalue weighted by atomic mass is 9.75. The topological polar surface area (TPSA) is 60.9 Å². The number of rotatable bonds is 12. The summed E-state index contributed by atoms with van der Waals surface area (Å²) in [6.07, 6.45) is 0.456. The highest BCUT2D eigenvalue weighted by molar-refractivity contribution is 7.89. The first-order valence-electron chi connectivity index (χ1n) is 15.7. The van der Waals surface area contributed by atoms with Gasteiger partial charge in [0, 0.05) is 25.7 Å². The van der Waals surface area contributed by atoms with Crippen molar-refractivity contribution in [1.29, 1.82) is 0 Å². The summed E-state index contributed by atoms with van der Waals surface area (Å²) in [5.74, 6) is -0.359. The number of hydrogen-bond donors (Lipinski definition) is 1. The third-order valence-electron chi connectivity index (χ3n) is 8.93. The number of likely N-dealkylation sites (tertiary alicyclic amines) is 1. The highest BCUT2D eigenvalue weighted by Crippen LogP contribution is 2.46. The lowest BCUT2D eigenvalue weighted by Crippen LogP contribution is -2.55. The van der Waals surface area contributed by atoms with E-state index >= 15 is 0 Å². The van der Waals surface area contributed by atoms with Gasteiger partial charge in [0.1, 0.15) is 0 Å². The number of nitrogens with zero attached hydrogens (tertiary/aromatic N) is 2. The Hall–Kier alpha value is -4.07. The summed E-state index contributed by atoms with van der Waals surface area (Å²) in [5, 5.41) is 12.0. The van der Waals surface area contributed by atoms with Gasteiger partial charge in [-0.3, -0.25) is 4.90 Å². The lowest BCUT2D eigenvalue weighted by molar-refractivity contribution is 0.0445. The molecule has 5 nitrogen and oxygen atoms in total. The fourth-order valence-electron chi connectivity index (χ4n) is 6.90. The van der Waals surface area contributed by atoms with E-state index in [1.807, 2.05) is 115 Å². The van der Waals surface area contributed by atoms with Crippen LogP contribution in [0.15, 0.2) is 152 Å². The summed E-state index contributed by atoms with van der Waals surface area (Å²) in [6.45, 7) is 1.19. The van der Waals surface area contributed by atoms with E-state index in [-0.39, 0.29) is 24.9 Å². The molecule has 0 aromatic heterocycles. The van der Waals surface area contributed by atoms with Gasteiger partial charge in [-0.25, -0.2) is 8.42 Å². The Kier molecular flexibility index (Phi) is 9.57. The average Bonchev–Trinajstić information content (AvgIpc) is 3.58. The summed E-state index contributed by atoms with van der Waals surface area (Å²) >= 11 is 0. The zero-order valence-corrected chi connectivity index (χ0v) is 26.2. The van der Waals surface area contributed by atoms with E-state index in [2.05, 4.69) is 41.3 Å². The highest BCUT2D eigenvalue weighted by Gasteiger charge is 2.49. The standard InChI is InChI=1S/C39H40N2O3S/c42-38(31-45(43,44)40(29-32-17-6-1-7-18-32)30-33-19-8-2-9-20-33)37-27-16-28-41(37)39(34-21-10-3-11-22-34,35-23-12-4-13-24-35)36-25-14-5-15-26-36/h1-15,17-26,37-38,42H,16,27-31H2/t37-,38-/m0/s1. The lowest BCUT2D eigenvalue weighted by Gasteiger charge is -2.47. The average molecular weight is 617 g/mol. The molecule has 0 spiro atoms. The van der Waals surface area contributed by atoms with Crippen molar-refractivity contribution in [2.45, 2.75) is 43.6 Å². The maximum absolute atomic E-state index is 14.2. The zero-order valence-electron chi connectivity index (χ0n) is 25.4. The molecule has 0 aliphatic carbocycles. The van der Waals surface area contributed by atoms with Crippen LogP contribution in [0.2, 0.25) is 0 Å². The van der Waals surface area contributed by atoms with Crippen LogP contribution in [0.1, 0.15) is 40.7 Å². The van der Waals surface area contributed by atoms with Crippen molar-refractivity contribution in [1.82, 2.24) is 9.21 Å². The number of aliphatic hydroxyl groups excluding tert-OH is 1. The van der Waals surface area contributed by atoms with Crippen molar-refractivity contribution in [3.8, 4) is 0 Å². The van der Waals surface area contributed by atoms with Gasteiger partial charge in [-0.2, -0.15) is 4.31 Å². The Labute approximate surface area is 267 Å². The van der Waals surface area contributed by atoms with Gasteiger partial charge in [-0.1, -0.05) is 152 Å². The smallest absolute Gasteiger partial charge is 0.217 e. The van der Waals surface area contributed by atoms with Gasteiger partial charge in [0.2, 0.25) is 10.0 Å². The maximum atomic E-state index is 14.2. The second-order valence-corrected chi connectivity index (χ2v) is 13.8. The largest absolute Gasteiger partial charge is 0.390 e. The quantitative estimate of drug-likeness (QED) is 0.156. The van der Waals surface area contributed by atoms with Crippen molar-refractivity contribution in [3.63, 3.8) is 0 Å². The van der Waals surface area contributed by atoms with Gasteiger partial charge in [-0.15, -0.1) is 0 Å². The van der Waals surface area contributed by atoms with Gasteiger partial charge < -0.3 is 5.11 Å². The molecule has 0 radical (unpaired) electrons. The van der Waals surface area contributed by atoms with Crippen LogP contribution in [-0.4, -0.2) is 47.2 Å². The number of sulfonamides is 1. The van der Waals surface area contributed by atoms with E-state index < -0.39 is 21.7 Å². The van der Waals surface area contributed by atoms with E-state index in [0.717, 1.165) is 40.8 Å². The molecule has 1 N–H and O–H groups in total. The second-order valence-electron chi connectivity index (χ2n) is 11.8. The van der Waals surface area contributed by atoms with Crippen molar-refractivity contribution >= 4 is 10.0 Å². The second kappa shape index (κ2) is 13.9. The van der Waals surface area contributed by atoms with Crippen LogP contribution in [-0.2, 0) is 28.7 Å². The molecule has 0 bridgehead atoms. The Morgan fingerprint density at radius 2 is 1.02 bits per heavy atom. The molecule has 1 saturated heterocycles. The molecule has 230 valence electrons. The number of benzene rings is 5. The third-order valence-corrected chi connectivity index (χ3v) is 10.7. The first-order valence-corrected chi connectivity index (χ1v) is 17.3. The fourth-order valence-corrected chi connectivity index (χ4v) is 8.46. The fraction of sp³-hybridized carbons (Fsp3) is 0.231. The van der Waals surface area contributed by atoms with Crippen LogP contribution in [0.25, 0.3) is 0 Å². The summed E-state index contributed by atoms with van der Waals surface area (Å²) < 4.78 is 30.0. The van der Waals surface area contributed by atoms with Crippen molar-refractivity contribution in [2.75, 3.05) is 12.3 Å². The molecule has 0 saturated carbocycles. The van der Waals surface area contributed by atoms with E-state index in [1.165, 1.54) is 4.31 Å². The van der Waals surface area contributed by atoms with Crippen LogP contribution in [0, 0.1) is 0 Å². The third kappa shape index (κ3) is 6.65. The first-order chi connectivity index (χ1) is 22.0. The Morgan fingerprint density at radius 1 is 0.644 bits per heavy atom. The molecular formula is C39H40N2O3S. The molecule has 5 aromatic rings. The predicted octanol–water partition coefficient (Wildman–Crippen LogP) is 6.84. The van der Waals surface area contributed by atoms with E-state index in [9.17, 15) is 13.5 Å². The number of aliphatic hydroxyl groups is 1. The molecule has 1 aliphatic heterocycles. The molecule has 6 rings (SSSR count). The van der Waals surface area contributed by atoms with Gasteiger partial charge in [0.05, 0.1) is 17.4 Å². The molecule has 6 heteroatoms. The van der Waals surface area contributed by atoms with Crippen molar-refractivity contribution in [2.24, 2.45) is 0 Å². The van der Waals surface area contributed by atoms with Crippen molar-refractivity contribution in [3.05, 3.63) is 179 Å². The summed E-state index contributed by atoms with van der Waals surface area (Å²) in [7, 11) is -3.86. The zero-order chi connectivity index (χ0) is 31.1.